The second-order valence-electron chi connectivity index (χ2n) is 8.86. The first-order valence-corrected chi connectivity index (χ1v) is 15.5. The summed E-state index contributed by atoms with van der Waals surface area (Å²) in [4.78, 5) is 33.3. The van der Waals surface area contributed by atoms with Crippen molar-refractivity contribution in [2.24, 2.45) is 0 Å². The zero-order valence-corrected chi connectivity index (χ0v) is 25.7. The smallest absolute Gasteiger partial charge is 0.296 e. The van der Waals surface area contributed by atoms with Crippen molar-refractivity contribution in [1.29, 1.82) is 0 Å². The summed E-state index contributed by atoms with van der Waals surface area (Å²) in [5.41, 5.74) is 1.95. The van der Waals surface area contributed by atoms with E-state index < -0.39 is 23.5 Å². The van der Waals surface area contributed by atoms with Crippen molar-refractivity contribution in [2.45, 2.75) is 30.0 Å². The molecule has 0 spiro atoms. The maximum absolute atomic E-state index is 13.8. The highest BCUT2D eigenvalue weighted by molar-refractivity contribution is 8.00. The molecule has 8 nitrogen and oxygen atoms in total. The van der Waals surface area contributed by atoms with Gasteiger partial charge in [0.2, 0.25) is 10.9 Å². The Balaban J connectivity index is 1.49. The van der Waals surface area contributed by atoms with Crippen LogP contribution in [-0.4, -0.2) is 38.6 Å². The number of carbonyl (C=O) groups is 2. The molecule has 5 rings (SSSR count). The molecule has 2 aromatic heterocycles. The molecule has 0 fully saturated rings. The van der Waals surface area contributed by atoms with E-state index in [1.54, 1.807) is 56.3 Å². The predicted molar refractivity (Wildman–Crippen MR) is 164 cm³/mol. The molecule has 0 bridgehead atoms. The van der Waals surface area contributed by atoms with E-state index in [9.17, 15) is 14.7 Å². The molecule has 0 saturated heterocycles. The number of aryl methyl sites for hydroxylation is 2. The van der Waals surface area contributed by atoms with Gasteiger partial charge < -0.3 is 9.84 Å². The molecular formula is C28H22Cl2N4O4S3. The lowest BCUT2D eigenvalue weighted by Gasteiger charge is -2.24. The summed E-state index contributed by atoms with van der Waals surface area (Å²) in [6.45, 7) is 7.51. The van der Waals surface area contributed by atoms with Gasteiger partial charge in [-0.05, 0) is 49.2 Å². The Morgan fingerprint density at radius 3 is 2.59 bits per heavy atom. The molecule has 4 aromatic rings. The lowest BCUT2D eigenvalue weighted by Crippen LogP contribution is -2.31. The number of ketones is 1. The van der Waals surface area contributed by atoms with E-state index in [-0.39, 0.29) is 10.7 Å². The summed E-state index contributed by atoms with van der Waals surface area (Å²) in [6, 6.07) is 11.3. The SMILES string of the molecule is C=CCOc1ccc(C2C(C(=O)c3sc(C)nc3C)=C(O)C(=O)N2c2nnc(SCc3ccc(Cl)cc3Cl)s2)cc1. The zero-order chi connectivity index (χ0) is 29.3. The summed E-state index contributed by atoms with van der Waals surface area (Å²) in [5, 5.41) is 21.6. The number of aliphatic hydroxyl groups excluding tert-OH is 1. The van der Waals surface area contributed by atoms with Gasteiger partial charge in [-0.2, -0.15) is 0 Å². The highest BCUT2D eigenvalue weighted by atomic mass is 35.5. The van der Waals surface area contributed by atoms with Crippen LogP contribution in [0.5, 0.6) is 5.75 Å². The maximum Gasteiger partial charge on any atom is 0.296 e. The standard InChI is InChI=1S/C28H22Cl2N4O4S3/c1-4-11-38-19-9-6-16(7-10-19)22-21(23(35)25-14(2)31-15(3)40-25)24(36)26(37)34(22)27-32-33-28(41-27)39-13-17-5-8-18(29)12-20(17)30/h4-10,12,22,36H,1,11,13H2,2-3H3. The van der Waals surface area contributed by atoms with E-state index in [1.807, 2.05) is 6.07 Å². The van der Waals surface area contributed by atoms with Crippen molar-refractivity contribution < 1.29 is 19.4 Å². The minimum Gasteiger partial charge on any atom is -0.503 e. The fraction of sp³-hybridized carbons (Fsp3) is 0.179. The van der Waals surface area contributed by atoms with Crippen LogP contribution in [0.25, 0.3) is 0 Å². The minimum atomic E-state index is -0.943. The van der Waals surface area contributed by atoms with Crippen LogP contribution in [0.1, 0.15) is 37.5 Å². The Kier molecular flexibility index (Phi) is 8.81. The predicted octanol–water partition coefficient (Wildman–Crippen LogP) is 7.56. The Morgan fingerprint density at radius 1 is 1.17 bits per heavy atom. The van der Waals surface area contributed by atoms with Gasteiger partial charge in [-0.15, -0.1) is 21.5 Å². The molecule has 1 atom stereocenters. The summed E-state index contributed by atoms with van der Waals surface area (Å²) in [5.74, 6) is -0.733. The first-order chi connectivity index (χ1) is 19.7. The molecule has 1 unspecified atom stereocenters. The van der Waals surface area contributed by atoms with Gasteiger partial charge in [0, 0.05) is 15.8 Å². The molecule has 210 valence electrons. The minimum absolute atomic E-state index is 0.0427. The number of thiazole rings is 1. The number of halogens is 2. The highest BCUT2D eigenvalue weighted by Crippen LogP contribution is 2.45. The monoisotopic (exact) mass is 644 g/mol. The van der Waals surface area contributed by atoms with Crippen molar-refractivity contribution in [3.8, 4) is 5.75 Å². The van der Waals surface area contributed by atoms with Crippen molar-refractivity contribution in [3.05, 3.63) is 103 Å². The number of amides is 1. The molecule has 13 heteroatoms. The second kappa shape index (κ2) is 12.3. The molecule has 0 saturated carbocycles. The Morgan fingerprint density at radius 2 is 1.93 bits per heavy atom. The zero-order valence-electron chi connectivity index (χ0n) is 21.8. The van der Waals surface area contributed by atoms with Gasteiger partial charge in [0.15, 0.2) is 10.1 Å². The average molecular weight is 646 g/mol. The van der Waals surface area contributed by atoms with E-state index in [0.29, 0.717) is 53.6 Å². The van der Waals surface area contributed by atoms with Gasteiger partial charge in [-0.25, -0.2) is 4.98 Å². The quantitative estimate of drug-likeness (QED) is 0.0816. The van der Waals surface area contributed by atoms with Gasteiger partial charge in [0.05, 0.1) is 27.2 Å². The van der Waals surface area contributed by atoms with E-state index in [2.05, 4.69) is 21.8 Å². The third-order valence-corrected chi connectivity index (χ3v) is 9.86. The van der Waals surface area contributed by atoms with Crippen molar-refractivity contribution in [2.75, 3.05) is 11.5 Å². The number of benzene rings is 2. The number of thioether (sulfide) groups is 1. The van der Waals surface area contributed by atoms with Gasteiger partial charge in [-0.1, -0.05) is 77.2 Å². The fourth-order valence-electron chi connectivity index (χ4n) is 4.25. The molecule has 1 amide bonds. The Hall–Kier alpha value is -3.22. The summed E-state index contributed by atoms with van der Waals surface area (Å²) < 4.78 is 6.18. The molecule has 0 aliphatic carbocycles. The Labute approximate surface area is 258 Å². The number of carbonyl (C=O) groups excluding carboxylic acids is 2. The maximum atomic E-state index is 13.8. The van der Waals surface area contributed by atoms with Gasteiger partial charge >= 0.3 is 0 Å². The third-order valence-electron chi connectivity index (χ3n) is 6.09. The molecule has 1 N–H and O–H groups in total. The third kappa shape index (κ3) is 6.05. The van der Waals surface area contributed by atoms with Gasteiger partial charge in [0.1, 0.15) is 12.4 Å². The van der Waals surface area contributed by atoms with Crippen LogP contribution >= 0.6 is 57.6 Å². The van der Waals surface area contributed by atoms with E-state index >= 15 is 0 Å². The normalized spacial score (nSPS) is 15.1. The molecule has 1 aliphatic heterocycles. The number of hydrogen-bond donors (Lipinski definition) is 1. The van der Waals surface area contributed by atoms with Crippen molar-refractivity contribution >= 4 is 74.5 Å². The first-order valence-electron chi connectivity index (χ1n) is 12.2. The summed E-state index contributed by atoms with van der Waals surface area (Å²) in [7, 11) is 0. The molecular weight excluding hydrogens is 623 g/mol. The number of rotatable bonds is 10. The van der Waals surface area contributed by atoms with E-state index in [4.69, 9.17) is 27.9 Å². The molecule has 1 aliphatic rings. The van der Waals surface area contributed by atoms with E-state index in [0.717, 1.165) is 5.56 Å². The highest BCUT2D eigenvalue weighted by Gasteiger charge is 2.46. The van der Waals surface area contributed by atoms with Gasteiger partial charge in [-0.3, -0.25) is 14.5 Å². The fourth-order valence-corrected chi connectivity index (χ4v) is 7.55. The second-order valence-corrected chi connectivity index (χ2v) is 13.1. The first kappa shape index (κ1) is 29.3. The van der Waals surface area contributed by atoms with Crippen LogP contribution in [0.2, 0.25) is 10.0 Å². The Bertz CT molecular complexity index is 1680. The van der Waals surface area contributed by atoms with E-state index in [1.165, 1.54) is 39.3 Å². The van der Waals surface area contributed by atoms with Gasteiger partial charge in [0.25, 0.3) is 5.91 Å². The lowest BCUT2D eigenvalue weighted by molar-refractivity contribution is -0.117. The molecule has 41 heavy (non-hydrogen) atoms. The number of nitrogens with zero attached hydrogens (tertiary/aromatic N) is 4. The lowest BCUT2D eigenvalue weighted by atomic mass is 9.95. The van der Waals surface area contributed by atoms with Crippen molar-refractivity contribution in [3.63, 3.8) is 0 Å². The average Bonchev–Trinajstić information content (AvgIpc) is 3.62. The summed E-state index contributed by atoms with van der Waals surface area (Å²) >= 11 is 16.1. The molecule has 2 aromatic carbocycles. The number of hydrogen-bond acceptors (Lipinski definition) is 10. The molecule has 0 radical (unpaired) electrons. The molecule has 3 heterocycles. The topological polar surface area (TPSA) is 106 Å². The number of aromatic nitrogens is 3. The number of anilines is 1. The number of ether oxygens (including phenoxy) is 1. The van der Waals surface area contributed by atoms with Crippen LogP contribution in [0.4, 0.5) is 5.13 Å². The number of Topliss-reactive ketones (excluding diaryl/α,β-unsaturated/α-hetero) is 1. The van der Waals surface area contributed by atoms with Crippen LogP contribution in [0.3, 0.4) is 0 Å². The van der Waals surface area contributed by atoms with Crippen molar-refractivity contribution in [1.82, 2.24) is 15.2 Å². The van der Waals surface area contributed by atoms with Crippen LogP contribution in [0, 0.1) is 13.8 Å². The van der Waals surface area contributed by atoms with Crippen LogP contribution in [0.15, 0.2) is 70.8 Å². The van der Waals surface area contributed by atoms with Crippen LogP contribution in [-0.2, 0) is 10.5 Å². The largest absolute Gasteiger partial charge is 0.503 e. The summed E-state index contributed by atoms with van der Waals surface area (Å²) in [6.07, 6.45) is 1.63. The van der Waals surface area contributed by atoms with Crippen LogP contribution < -0.4 is 9.64 Å². The number of aliphatic hydroxyl groups is 1.